The van der Waals surface area contributed by atoms with E-state index >= 15 is 0 Å². The van der Waals surface area contributed by atoms with Crippen molar-refractivity contribution < 1.29 is 19.6 Å². The summed E-state index contributed by atoms with van der Waals surface area (Å²) >= 11 is 0. The van der Waals surface area contributed by atoms with Crippen molar-refractivity contribution in [3.8, 4) is 0 Å². The first-order chi connectivity index (χ1) is 12.4. The zero-order valence-corrected chi connectivity index (χ0v) is 13.5. The van der Waals surface area contributed by atoms with Gasteiger partial charge in [-0.15, -0.1) is 0 Å². The van der Waals surface area contributed by atoms with Gasteiger partial charge in [0.2, 0.25) is 0 Å². The number of amides is 1. The second-order valence-electron chi connectivity index (χ2n) is 5.44. The van der Waals surface area contributed by atoms with Gasteiger partial charge in [0.15, 0.2) is 0 Å². The fourth-order valence-corrected chi connectivity index (χ4v) is 2.29. The number of anilines is 1. The molecule has 0 spiro atoms. The standard InChI is InChI=1S/C17H15N3O6/c21-16(22)9-8-15(19-24)11-4-6-13(7-5-11)18-17(23)12-2-1-3-14(10-12)20(25)26/h1-7,10,15H,8-9H2,(H,18,23)(H,21,22). The molecule has 1 unspecified atom stereocenters. The van der Waals surface area contributed by atoms with Gasteiger partial charge in [-0.25, -0.2) is 0 Å². The Morgan fingerprint density at radius 1 is 1.19 bits per heavy atom. The third kappa shape index (κ3) is 4.94. The number of hydrogen-bond donors (Lipinski definition) is 2. The van der Waals surface area contributed by atoms with Crippen LogP contribution in [-0.2, 0) is 4.79 Å². The Bertz CT molecular complexity index is 835. The lowest BCUT2D eigenvalue weighted by atomic mass is 10.0. The number of carbonyl (C=O) groups excluding carboxylic acids is 1. The van der Waals surface area contributed by atoms with Gasteiger partial charge in [0.1, 0.15) is 6.04 Å². The van der Waals surface area contributed by atoms with E-state index in [0.717, 1.165) is 0 Å². The summed E-state index contributed by atoms with van der Waals surface area (Å²) < 4.78 is 0. The molecular formula is C17H15N3O6. The highest BCUT2D eigenvalue weighted by Gasteiger charge is 2.15. The van der Waals surface area contributed by atoms with E-state index in [1.807, 2.05) is 0 Å². The number of non-ortho nitro benzene ring substituents is 1. The van der Waals surface area contributed by atoms with Crippen LogP contribution in [0.5, 0.6) is 0 Å². The average molecular weight is 357 g/mol. The summed E-state index contributed by atoms with van der Waals surface area (Å²) in [4.78, 5) is 43.8. The predicted octanol–water partition coefficient (Wildman–Crippen LogP) is 3.52. The van der Waals surface area contributed by atoms with Crippen LogP contribution < -0.4 is 5.32 Å². The number of nitroso groups, excluding NO2 is 1. The molecule has 2 aromatic carbocycles. The van der Waals surface area contributed by atoms with Crippen molar-refractivity contribution in [3.63, 3.8) is 0 Å². The van der Waals surface area contributed by atoms with Gasteiger partial charge in [0.05, 0.1) is 4.92 Å². The highest BCUT2D eigenvalue weighted by molar-refractivity contribution is 6.04. The molecule has 2 aromatic rings. The fourth-order valence-electron chi connectivity index (χ4n) is 2.29. The zero-order valence-electron chi connectivity index (χ0n) is 13.5. The van der Waals surface area contributed by atoms with Crippen molar-refractivity contribution in [1.29, 1.82) is 0 Å². The molecule has 2 rings (SSSR count). The molecular weight excluding hydrogens is 342 g/mol. The summed E-state index contributed by atoms with van der Waals surface area (Å²) in [5.74, 6) is -1.53. The number of rotatable bonds is 8. The molecule has 0 aliphatic heterocycles. The maximum atomic E-state index is 12.2. The number of nitrogens with one attached hydrogen (secondary N) is 1. The predicted molar refractivity (Wildman–Crippen MR) is 92.9 cm³/mol. The number of benzene rings is 2. The molecule has 0 radical (unpaired) electrons. The molecule has 0 aliphatic rings. The Labute approximate surface area is 147 Å². The van der Waals surface area contributed by atoms with Crippen LogP contribution in [0, 0.1) is 15.0 Å². The molecule has 0 fully saturated rings. The van der Waals surface area contributed by atoms with Crippen molar-refractivity contribution in [1.82, 2.24) is 0 Å². The number of nitro groups is 1. The number of hydrogen-bond acceptors (Lipinski definition) is 6. The van der Waals surface area contributed by atoms with E-state index in [1.54, 1.807) is 24.3 Å². The lowest BCUT2D eigenvalue weighted by molar-refractivity contribution is -0.384. The van der Waals surface area contributed by atoms with Gasteiger partial charge >= 0.3 is 5.97 Å². The number of carbonyl (C=O) groups is 2. The van der Waals surface area contributed by atoms with Crippen molar-refractivity contribution in [2.45, 2.75) is 18.9 Å². The van der Waals surface area contributed by atoms with E-state index in [9.17, 15) is 24.6 Å². The van der Waals surface area contributed by atoms with Gasteiger partial charge in [0, 0.05) is 29.8 Å². The fraction of sp³-hybridized carbons (Fsp3) is 0.176. The normalized spacial score (nSPS) is 11.4. The van der Waals surface area contributed by atoms with Crippen LogP contribution in [0.2, 0.25) is 0 Å². The lowest BCUT2D eigenvalue weighted by Crippen LogP contribution is -2.12. The maximum absolute atomic E-state index is 12.2. The van der Waals surface area contributed by atoms with Crippen LogP contribution in [0.1, 0.15) is 34.8 Å². The lowest BCUT2D eigenvalue weighted by Gasteiger charge is -2.10. The molecule has 1 atom stereocenters. The monoisotopic (exact) mass is 357 g/mol. The average Bonchev–Trinajstić information content (AvgIpc) is 2.63. The van der Waals surface area contributed by atoms with Crippen LogP contribution in [-0.4, -0.2) is 21.9 Å². The molecule has 1 amide bonds. The first-order valence-electron chi connectivity index (χ1n) is 7.60. The highest BCUT2D eigenvalue weighted by atomic mass is 16.6. The Morgan fingerprint density at radius 2 is 1.88 bits per heavy atom. The number of nitro benzene ring substituents is 1. The third-order valence-corrected chi connectivity index (χ3v) is 3.63. The molecule has 9 nitrogen and oxygen atoms in total. The third-order valence-electron chi connectivity index (χ3n) is 3.63. The summed E-state index contributed by atoms with van der Waals surface area (Å²) in [6.45, 7) is 0. The molecule has 0 heterocycles. The van der Waals surface area contributed by atoms with Crippen molar-refractivity contribution >= 4 is 23.3 Å². The van der Waals surface area contributed by atoms with E-state index in [0.29, 0.717) is 11.3 Å². The second-order valence-corrected chi connectivity index (χ2v) is 5.44. The first kappa shape index (κ1) is 18.7. The van der Waals surface area contributed by atoms with E-state index < -0.39 is 22.8 Å². The Kier molecular flexibility index (Phi) is 6.10. The van der Waals surface area contributed by atoms with E-state index in [1.165, 1.54) is 24.3 Å². The molecule has 0 bridgehead atoms. The second kappa shape index (κ2) is 8.47. The van der Waals surface area contributed by atoms with Crippen LogP contribution in [0.3, 0.4) is 0 Å². The van der Waals surface area contributed by atoms with E-state index in [-0.39, 0.29) is 24.1 Å². The summed E-state index contributed by atoms with van der Waals surface area (Å²) in [5.41, 5.74) is 0.909. The van der Waals surface area contributed by atoms with Gasteiger partial charge in [0.25, 0.3) is 11.6 Å². The number of nitrogens with zero attached hydrogens (tertiary/aromatic N) is 2. The number of carboxylic acid groups (broad SMARTS) is 1. The molecule has 0 aliphatic carbocycles. The SMILES string of the molecule is O=NC(CCC(=O)O)c1ccc(NC(=O)c2cccc([N+](=O)[O-])c2)cc1. The molecule has 0 saturated carbocycles. The smallest absolute Gasteiger partial charge is 0.303 e. The Balaban J connectivity index is 2.07. The molecule has 2 N–H and O–H groups in total. The summed E-state index contributed by atoms with van der Waals surface area (Å²) in [5, 5.41) is 25.0. The van der Waals surface area contributed by atoms with Gasteiger partial charge < -0.3 is 10.4 Å². The molecule has 9 heteroatoms. The van der Waals surface area contributed by atoms with Gasteiger partial charge in [-0.05, 0) is 30.2 Å². The Hall–Kier alpha value is -3.62. The van der Waals surface area contributed by atoms with Gasteiger partial charge in [-0.3, -0.25) is 19.7 Å². The minimum absolute atomic E-state index is 0.0816. The molecule has 134 valence electrons. The van der Waals surface area contributed by atoms with Crippen LogP contribution in [0.4, 0.5) is 11.4 Å². The Morgan fingerprint density at radius 3 is 2.46 bits per heavy atom. The minimum Gasteiger partial charge on any atom is -0.481 e. The van der Waals surface area contributed by atoms with Crippen molar-refractivity contribution in [2.24, 2.45) is 5.18 Å². The number of carboxylic acids is 1. The summed E-state index contributed by atoms with van der Waals surface area (Å²) in [6, 6.07) is 10.8. The van der Waals surface area contributed by atoms with Crippen LogP contribution in [0.25, 0.3) is 0 Å². The quantitative estimate of drug-likeness (QED) is 0.421. The topological polar surface area (TPSA) is 139 Å². The van der Waals surface area contributed by atoms with E-state index in [2.05, 4.69) is 10.5 Å². The van der Waals surface area contributed by atoms with E-state index in [4.69, 9.17) is 5.11 Å². The first-order valence-corrected chi connectivity index (χ1v) is 7.60. The van der Waals surface area contributed by atoms with Crippen LogP contribution >= 0.6 is 0 Å². The molecule has 26 heavy (non-hydrogen) atoms. The highest BCUT2D eigenvalue weighted by Crippen LogP contribution is 2.24. The molecule has 0 aromatic heterocycles. The summed E-state index contributed by atoms with van der Waals surface area (Å²) in [7, 11) is 0. The largest absolute Gasteiger partial charge is 0.481 e. The van der Waals surface area contributed by atoms with Gasteiger partial charge in [-0.1, -0.05) is 23.4 Å². The van der Waals surface area contributed by atoms with Crippen molar-refractivity contribution in [2.75, 3.05) is 5.32 Å². The van der Waals surface area contributed by atoms with Crippen LogP contribution in [0.15, 0.2) is 53.7 Å². The maximum Gasteiger partial charge on any atom is 0.303 e. The number of aliphatic carboxylic acids is 1. The molecule has 0 saturated heterocycles. The van der Waals surface area contributed by atoms with Crippen molar-refractivity contribution in [3.05, 3.63) is 74.7 Å². The minimum atomic E-state index is -1.01. The van der Waals surface area contributed by atoms with Gasteiger partial charge in [-0.2, -0.15) is 4.91 Å². The summed E-state index contributed by atoms with van der Waals surface area (Å²) in [6.07, 6.45) is -0.0973. The zero-order chi connectivity index (χ0) is 19.1.